The molecule has 1 unspecified atom stereocenters. The Kier molecular flexibility index (Phi) is 10.6. The highest BCUT2D eigenvalue weighted by Gasteiger charge is 2.33. The summed E-state index contributed by atoms with van der Waals surface area (Å²) in [6, 6.07) is 15.2. The van der Waals surface area contributed by atoms with Crippen LogP contribution in [0.2, 0.25) is 10.0 Å². The average molecular weight is 609 g/mol. The maximum absolute atomic E-state index is 14.6. The van der Waals surface area contributed by atoms with Crippen LogP contribution in [0.25, 0.3) is 0 Å². The quantitative estimate of drug-likeness (QED) is 0.297. The third-order valence-electron chi connectivity index (χ3n) is 6.17. The topological polar surface area (TPSA) is 86.8 Å². The molecule has 0 heterocycles. The van der Waals surface area contributed by atoms with Crippen LogP contribution in [0.4, 0.5) is 10.1 Å². The molecule has 0 radical (unpaired) electrons. The average Bonchev–Trinajstić information content (AvgIpc) is 2.88. The third kappa shape index (κ3) is 7.96. The van der Waals surface area contributed by atoms with E-state index in [1.54, 1.807) is 18.2 Å². The van der Waals surface area contributed by atoms with Crippen LogP contribution in [0.1, 0.15) is 31.9 Å². The number of halogens is 3. The highest BCUT2D eigenvalue weighted by Crippen LogP contribution is 2.30. The molecule has 7 nitrogen and oxygen atoms in total. The van der Waals surface area contributed by atoms with Gasteiger partial charge in [-0.05, 0) is 56.2 Å². The summed E-state index contributed by atoms with van der Waals surface area (Å²) in [4.78, 5) is 28.0. The van der Waals surface area contributed by atoms with Crippen molar-refractivity contribution in [3.8, 4) is 0 Å². The van der Waals surface area contributed by atoms with Gasteiger partial charge in [0.05, 0.1) is 10.6 Å². The van der Waals surface area contributed by atoms with E-state index in [2.05, 4.69) is 5.32 Å². The molecule has 0 aromatic heterocycles. The maximum Gasteiger partial charge on any atom is 0.264 e. The molecular weight excluding hydrogens is 576 g/mol. The number of hydrogen-bond donors (Lipinski definition) is 1. The van der Waals surface area contributed by atoms with Crippen LogP contribution in [-0.2, 0) is 26.2 Å². The Balaban J connectivity index is 2.06. The lowest BCUT2D eigenvalue weighted by atomic mass is 10.1. The van der Waals surface area contributed by atoms with Crippen LogP contribution in [0.5, 0.6) is 0 Å². The van der Waals surface area contributed by atoms with Crippen molar-refractivity contribution in [2.75, 3.05) is 17.4 Å². The molecule has 3 aromatic rings. The Bertz CT molecular complexity index is 1450. The van der Waals surface area contributed by atoms with Gasteiger partial charge in [-0.3, -0.25) is 13.9 Å². The largest absolute Gasteiger partial charge is 0.354 e. The molecule has 3 rings (SSSR count). The third-order valence-corrected chi connectivity index (χ3v) is 8.40. The molecule has 1 atom stereocenters. The number of aryl methyl sites for hydroxylation is 1. The maximum atomic E-state index is 14.6. The summed E-state index contributed by atoms with van der Waals surface area (Å²) < 4.78 is 43.2. The molecule has 0 spiro atoms. The lowest BCUT2D eigenvalue weighted by Gasteiger charge is -2.32. The van der Waals surface area contributed by atoms with Crippen LogP contribution in [0.15, 0.2) is 71.6 Å². The van der Waals surface area contributed by atoms with Crippen molar-refractivity contribution in [1.82, 2.24) is 10.2 Å². The second kappa shape index (κ2) is 13.5. The van der Waals surface area contributed by atoms with E-state index < -0.39 is 40.2 Å². The molecule has 0 aliphatic rings. The predicted octanol–water partition coefficient (Wildman–Crippen LogP) is 5.83. The fourth-order valence-corrected chi connectivity index (χ4v) is 5.81. The van der Waals surface area contributed by atoms with Crippen molar-refractivity contribution in [3.05, 3.63) is 93.7 Å². The SMILES string of the molecule is Cc1ccc(S(=O)(=O)N(CC(=O)N(Cc2ccccc2F)C(C)C(=O)NCC(C)C)c2cc(Cl)cc(Cl)c2)cc1. The van der Waals surface area contributed by atoms with Gasteiger partial charge in [-0.15, -0.1) is 0 Å². The van der Waals surface area contributed by atoms with E-state index >= 15 is 0 Å². The fourth-order valence-electron chi connectivity index (χ4n) is 3.89. The first-order chi connectivity index (χ1) is 18.8. The van der Waals surface area contributed by atoms with Crippen molar-refractivity contribution in [1.29, 1.82) is 0 Å². The van der Waals surface area contributed by atoms with E-state index in [9.17, 15) is 22.4 Å². The molecule has 1 N–H and O–H groups in total. The van der Waals surface area contributed by atoms with Gasteiger partial charge in [-0.1, -0.05) is 72.9 Å². The second-order valence-electron chi connectivity index (χ2n) is 9.88. The van der Waals surface area contributed by atoms with Gasteiger partial charge in [0.25, 0.3) is 10.0 Å². The molecular formula is C29H32Cl2FN3O4S. The van der Waals surface area contributed by atoms with Crippen LogP contribution in [0, 0.1) is 18.7 Å². The van der Waals surface area contributed by atoms with E-state index in [1.807, 2.05) is 20.8 Å². The Morgan fingerprint density at radius 3 is 2.12 bits per heavy atom. The summed E-state index contributed by atoms with van der Waals surface area (Å²) in [5, 5.41) is 3.13. The minimum absolute atomic E-state index is 0.0506. The van der Waals surface area contributed by atoms with Crippen molar-refractivity contribution < 1.29 is 22.4 Å². The Labute approximate surface area is 244 Å². The van der Waals surface area contributed by atoms with Gasteiger partial charge in [0.15, 0.2) is 0 Å². The number of carbonyl (C=O) groups is 2. The first-order valence-corrected chi connectivity index (χ1v) is 14.8. The van der Waals surface area contributed by atoms with Gasteiger partial charge in [-0.2, -0.15) is 0 Å². The smallest absolute Gasteiger partial charge is 0.264 e. The molecule has 0 bridgehead atoms. The number of benzene rings is 3. The highest BCUT2D eigenvalue weighted by atomic mass is 35.5. The molecule has 3 aromatic carbocycles. The molecule has 40 heavy (non-hydrogen) atoms. The van der Waals surface area contributed by atoms with Gasteiger partial charge in [0.2, 0.25) is 11.8 Å². The summed E-state index contributed by atoms with van der Waals surface area (Å²) in [5.74, 6) is -1.56. The predicted molar refractivity (Wildman–Crippen MR) is 156 cm³/mol. The number of rotatable bonds is 11. The van der Waals surface area contributed by atoms with Gasteiger partial charge < -0.3 is 10.2 Å². The summed E-state index contributed by atoms with van der Waals surface area (Å²) in [6.45, 7) is 6.62. The molecule has 0 aliphatic carbocycles. The van der Waals surface area contributed by atoms with Crippen LogP contribution < -0.4 is 9.62 Å². The van der Waals surface area contributed by atoms with E-state index in [-0.39, 0.29) is 38.7 Å². The van der Waals surface area contributed by atoms with Gasteiger partial charge in [-0.25, -0.2) is 12.8 Å². The molecule has 0 saturated carbocycles. The molecule has 214 valence electrons. The van der Waals surface area contributed by atoms with E-state index in [1.165, 1.54) is 55.5 Å². The minimum Gasteiger partial charge on any atom is -0.354 e. The number of nitrogens with one attached hydrogen (secondary N) is 1. The normalized spacial score (nSPS) is 12.2. The lowest BCUT2D eigenvalue weighted by molar-refractivity contribution is -0.139. The number of anilines is 1. The summed E-state index contributed by atoms with van der Waals surface area (Å²) in [5.41, 5.74) is 1.09. The van der Waals surface area contributed by atoms with Gasteiger partial charge >= 0.3 is 0 Å². The molecule has 2 amide bonds. The molecule has 0 aliphatic heterocycles. The summed E-state index contributed by atoms with van der Waals surface area (Å²) >= 11 is 12.4. The van der Waals surface area contributed by atoms with Crippen molar-refractivity contribution >= 4 is 50.7 Å². The Hall–Kier alpha value is -3.14. The summed E-state index contributed by atoms with van der Waals surface area (Å²) in [7, 11) is -4.29. The lowest BCUT2D eigenvalue weighted by Crippen LogP contribution is -2.51. The zero-order valence-corrected chi connectivity index (χ0v) is 25.0. The number of nitrogens with zero attached hydrogens (tertiary/aromatic N) is 2. The zero-order chi connectivity index (χ0) is 29.6. The fraction of sp³-hybridized carbons (Fsp3) is 0.310. The highest BCUT2D eigenvalue weighted by molar-refractivity contribution is 7.92. The van der Waals surface area contributed by atoms with Crippen LogP contribution in [-0.4, -0.2) is 44.3 Å². The monoisotopic (exact) mass is 607 g/mol. The van der Waals surface area contributed by atoms with E-state index in [0.29, 0.717) is 6.54 Å². The van der Waals surface area contributed by atoms with Gasteiger partial charge in [0, 0.05) is 28.7 Å². The summed E-state index contributed by atoms with van der Waals surface area (Å²) in [6.07, 6.45) is 0. The molecule has 0 fully saturated rings. The number of sulfonamides is 1. The van der Waals surface area contributed by atoms with Crippen molar-refractivity contribution in [2.45, 2.75) is 45.2 Å². The van der Waals surface area contributed by atoms with Gasteiger partial charge in [0.1, 0.15) is 18.4 Å². The number of amides is 2. The van der Waals surface area contributed by atoms with E-state index in [4.69, 9.17) is 23.2 Å². The minimum atomic E-state index is -4.29. The van der Waals surface area contributed by atoms with Crippen molar-refractivity contribution in [2.24, 2.45) is 5.92 Å². The first-order valence-electron chi connectivity index (χ1n) is 12.7. The molecule has 11 heteroatoms. The number of hydrogen-bond acceptors (Lipinski definition) is 4. The first kappa shape index (κ1) is 31.4. The van der Waals surface area contributed by atoms with Crippen molar-refractivity contribution in [3.63, 3.8) is 0 Å². The Morgan fingerprint density at radius 2 is 1.55 bits per heavy atom. The second-order valence-corrected chi connectivity index (χ2v) is 12.6. The molecule has 0 saturated heterocycles. The number of carbonyl (C=O) groups excluding carboxylic acids is 2. The van der Waals surface area contributed by atoms with E-state index in [0.717, 1.165) is 14.8 Å². The zero-order valence-electron chi connectivity index (χ0n) is 22.7. The van der Waals surface area contributed by atoms with Crippen LogP contribution in [0.3, 0.4) is 0 Å². The van der Waals surface area contributed by atoms with Crippen LogP contribution >= 0.6 is 23.2 Å². The standard InChI is InChI=1S/C29H32Cl2FN3O4S/c1-19(2)16-33-29(37)21(4)34(17-22-7-5-6-8-27(22)32)28(36)18-35(25-14-23(30)13-24(31)15-25)40(38,39)26-11-9-20(3)10-12-26/h5-15,19,21H,16-18H2,1-4H3,(H,33,37). The Morgan fingerprint density at radius 1 is 0.950 bits per heavy atom.